The second-order valence-electron chi connectivity index (χ2n) is 4.35. The highest BCUT2D eigenvalue weighted by atomic mass is 14.8. The van der Waals surface area contributed by atoms with Gasteiger partial charge in [0.1, 0.15) is 0 Å². The van der Waals surface area contributed by atoms with Crippen molar-refractivity contribution in [2.75, 3.05) is 20.1 Å². The quantitative estimate of drug-likeness (QED) is 0.690. The summed E-state index contributed by atoms with van der Waals surface area (Å²) in [7, 11) is 2.00. The molecule has 0 aromatic heterocycles. The molecule has 0 atom stereocenters. The lowest BCUT2D eigenvalue weighted by Crippen LogP contribution is -2.17. The van der Waals surface area contributed by atoms with Crippen molar-refractivity contribution in [3.05, 3.63) is 34.9 Å². The minimum absolute atomic E-state index is 0.993. The van der Waals surface area contributed by atoms with Crippen molar-refractivity contribution < 1.29 is 0 Å². The summed E-state index contributed by atoms with van der Waals surface area (Å²) in [6.45, 7) is 7.59. The van der Waals surface area contributed by atoms with E-state index in [-0.39, 0.29) is 0 Å². The largest absolute Gasteiger partial charge is 0.320 e. The van der Waals surface area contributed by atoms with Crippen LogP contribution in [0.1, 0.15) is 29.5 Å². The van der Waals surface area contributed by atoms with E-state index in [0.29, 0.717) is 0 Å². The highest BCUT2D eigenvalue weighted by Crippen LogP contribution is 2.12. The molecule has 0 aliphatic rings. The minimum Gasteiger partial charge on any atom is -0.320 e. The Hall–Kier alpha value is -0.860. The van der Waals surface area contributed by atoms with Gasteiger partial charge in [0.15, 0.2) is 0 Å². The van der Waals surface area contributed by atoms with Gasteiger partial charge in [0.2, 0.25) is 0 Å². The number of unbranched alkanes of at least 4 members (excludes halogenated alkanes) is 1. The number of hydrogen-bond donors (Lipinski definition) is 2. The van der Waals surface area contributed by atoms with Crippen LogP contribution in [-0.2, 0) is 6.54 Å². The van der Waals surface area contributed by atoms with Crippen LogP contribution in [0.2, 0.25) is 0 Å². The van der Waals surface area contributed by atoms with Crippen LogP contribution in [0.5, 0.6) is 0 Å². The van der Waals surface area contributed by atoms with Gasteiger partial charge in [0.25, 0.3) is 0 Å². The minimum atomic E-state index is 0.993. The first-order valence-electron chi connectivity index (χ1n) is 6.16. The monoisotopic (exact) mass is 220 g/mol. The highest BCUT2D eigenvalue weighted by molar-refractivity contribution is 5.32. The Labute approximate surface area is 99.5 Å². The van der Waals surface area contributed by atoms with Gasteiger partial charge in [0, 0.05) is 6.54 Å². The van der Waals surface area contributed by atoms with Gasteiger partial charge in [-0.15, -0.1) is 0 Å². The molecule has 2 heteroatoms. The fourth-order valence-electron chi connectivity index (χ4n) is 1.78. The number of rotatable bonds is 7. The van der Waals surface area contributed by atoms with Crippen LogP contribution < -0.4 is 10.6 Å². The summed E-state index contributed by atoms with van der Waals surface area (Å²) < 4.78 is 0. The zero-order chi connectivity index (χ0) is 11.8. The lowest BCUT2D eigenvalue weighted by atomic mass is 10.0. The Morgan fingerprint density at radius 1 is 1.06 bits per heavy atom. The standard InChI is InChI=1S/C14H24N2/c1-12-7-6-8-14(13(12)2)11-16-10-5-4-9-15-3/h6-8,15-16H,4-5,9-11H2,1-3H3. The summed E-state index contributed by atoms with van der Waals surface area (Å²) >= 11 is 0. The van der Waals surface area contributed by atoms with E-state index in [4.69, 9.17) is 0 Å². The second-order valence-corrected chi connectivity index (χ2v) is 4.35. The normalized spacial score (nSPS) is 10.7. The molecule has 1 rings (SSSR count). The van der Waals surface area contributed by atoms with Crippen LogP contribution in [0.25, 0.3) is 0 Å². The first kappa shape index (κ1) is 13.2. The van der Waals surface area contributed by atoms with E-state index in [9.17, 15) is 0 Å². The zero-order valence-corrected chi connectivity index (χ0v) is 10.8. The van der Waals surface area contributed by atoms with E-state index < -0.39 is 0 Å². The van der Waals surface area contributed by atoms with E-state index in [0.717, 1.165) is 19.6 Å². The van der Waals surface area contributed by atoms with Gasteiger partial charge in [-0.05, 0) is 63.5 Å². The van der Waals surface area contributed by atoms with E-state index in [1.54, 1.807) is 0 Å². The highest BCUT2D eigenvalue weighted by Gasteiger charge is 1.99. The molecule has 0 saturated heterocycles. The molecule has 90 valence electrons. The molecule has 0 aliphatic heterocycles. The van der Waals surface area contributed by atoms with E-state index in [2.05, 4.69) is 42.7 Å². The lowest BCUT2D eigenvalue weighted by Gasteiger charge is -2.09. The topological polar surface area (TPSA) is 24.1 Å². The smallest absolute Gasteiger partial charge is 0.0208 e. The van der Waals surface area contributed by atoms with Crippen LogP contribution in [-0.4, -0.2) is 20.1 Å². The molecule has 2 N–H and O–H groups in total. The summed E-state index contributed by atoms with van der Waals surface area (Å²) in [5.41, 5.74) is 4.23. The first-order valence-corrected chi connectivity index (χ1v) is 6.16. The van der Waals surface area contributed by atoms with Gasteiger partial charge in [-0.3, -0.25) is 0 Å². The van der Waals surface area contributed by atoms with Gasteiger partial charge < -0.3 is 10.6 Å². The molecule has 0 radical (unpaired) electrons. The van der Waals surface area contributed by atoms with Crippen molar-refractivity contribution in [3.8, 4) is 0 Å². The van der Waals surface area contributed by atoms with Crippen molar-refractivity contribution in [1.82, 2.24) is 10.6 Å². The van der Waals surface area contributed by atoms with Gasteiger partial charge >= 0.3 is 0 Å². The van der Waals surface area contributed by atoms with Crippen molar-refractivity contribution in [2.24, 2.45) is 0 Å². The predicted octanol–water partition coefficient (Wildman–Crippen LogP) is 2.39. The number of benzene rings is 1. The van der Waals surface area contributed by atoms with Crippen molar-refractivity contribution in [1.29, 1.82) is 0 Å². The Morgan fingerprint density at radius 3 is 2.56 bits per heavy atom. The average Bonchev–Trinajstić information content (AvgIpc) is 2.29. The zero-order valence-electron chi connectivity index (χ0n) is 10.8. The molecule has 0 saturated carbocycles. The van der Waals surface area contributed by atoms with Crippen molar-refractivity contribution in [2.45, 2.75) is 33.2 Å². The molecule has 0 heterocycles. The number of nitrogens with one attached hydrogen (secondary N) is 2. The molecule has 1 aromatic rings. The fourth-order valence-corrected chi connectivity index (χ4v) is 1.78. The van der Waals surface area contributed by atoms with Crippen LogP contribution in [0.3, 0.4) is 0 Å². The van der Waals surface area contributed by atoms with Gasteiger partial charge in [-0.2, -0.15) is 0 Å². The fraction of sp³-hybridized carbons (Fsp3) is 0.571. The molecule has 0 fully saturated rings. The van der Waals surface area contributed by atoms with E-state index in [1.807, 2.05) is 7.05 Å². The summed E-state index contributed by atoms with van der Waals surface area (Å²) in [5, 5.41) is 6.67. The third-order valence-corrected chi connectivity index (χ3v) is 3.06. The van der Waals surface area contributed by atoms with Crippen LogP contribution >= 0.6 is 0 Å². The number of aryl methyl sites for hydroxylation is 1. The third kappa shape index (κ3) is 4.33. The van der Waals surface area contributed by atoms with Crippen molar-refractivity contribution >= 4 is 0 Å². The van der Waals surface area contributed by atoms with E-state index in [1.165, 1.54) is 29.5 Å². The molecule has 0 unspecified atom stereocenters. The molecule has 2 nitrogen and oxygen atoms in total. The van der Waals surface area contributed by atoms with Gasteiger partial charge in [0.05, 0.1) is 0 Å². The second kappa shape index (κ2) is 7.42. The van der Waals surface area contributed by atoms with Gasteiger partial charge in [-0.25, -0.2) is 0 Å². The molecular weight excluding hydrogens is 196 g/mol. The first-order chi connectivity index (χ1) is 7.75. The summed E-state index contributed by atoms with van der Waals surface area (Å²) in [4.78, 5) is 0. The van der Waals surface area contributed by atoms with Crippen LogP contribution in [0.15, 0.2) is 18.2 Å². The molecular formula is C14H24N2. The molecule has 0 amide bonds. The third-order valence-electron chi connectivity index (χ3n) is 3.06. The van der Waals surface area contributed by atoms with Crippen LogP contribution in [0.4, 0.5) is 0 Å². The van der Waals surface area contributed by atoms with Crippen molar-refractivity contribution in [3.63, 3.8) is 0 Å². The van der Waals surface area contributed by atoms with Crippen LogP contribution in [0, 0.1) is 13.8 Å². The predicted molar refractivity (Wildman–Crippen MR) is 70.8 cm³/mol. The Bertz CT molecular complexity index is 308. The number of hydrogen-bond acceptors (Lipinski definition) is 2. The SMILES string of the molecule is CNCCCCNCc1cccc(C)c1C. The summed E-state index contributed by atoms with van der Waals surface area (Å²) in [5.74, 6) is 0. The molecule has 0 spiro atoms. The Morgan fingerprint density at radius 2 is 1.81 bits per heavy atom. The summed E-state index contributed by atoms with van der Waals surface area (Å²) in [6.07, 6.45) is 2.49. The molecule has 0 bridgehead atoms. The lowest BCUT2D eigenvalue weighted by molar-refractivity contribution is 0.604. The molecule has 1 aromatic carbocycles. The maximum atomic E-state index is 3.50. The summed E-state index contributed by atoms with van der Waals surface area (Å²) in [6, 6.07) is 6.52. The Kier molecular flexibility index (Phi) is 6.12. The maximum Gasteiger partial charge on any atom is 0.0208 e. The molecule has 0 aliphatic carbocycles. The van der Waals surface area contributed by atoms with E-state index >= 15 is 0 Å². The van der Waals surface area contributed by atoms with Gasteiger partial charge in [-0.1, -0.05) is 18.2 Å². The average molecular weight is 220 g/mol. The Balaban J connectivity index is 2.24. The molecule has 16 heavy (non-hydrogen) atoms. The maximum absolute atomic E-state index is 3.50.